The Balaban J connectivity index is 1.06. The summed E-state index contributed by atoms with van der Waals surface area (Å²) < 4.78 is 26.6. The van der Waals surface area contributed by atoms with E-state index >= 15 is 8.90 Å². The molecule has 14 heteroatoms. The van der Waals surface area contributed by atoms with Gasteiger partial charge in [-0.15, -0.1) is 0 Å². The van der Waals surface area contributed by atoms with Crippen LogP contribution in [0.5, 0.6) is 0 Å². The molecule has 2 amide bonds. The van der Waals surface area contributed by atoms with Gasteiger partial charge in [-0.1, -0.05) is 79.7 Å². The maximum atomic E-state index is 17.0. The van der Waals surface area contributed by atoms with Crippen molar-refractivity contribution in [3.05, 3.63) is 171 Å². The molecular formula is C49H45FN6O6Si. The number of benzene rings is 5. The Morgan fingerprint density at radius 3 is 2.08 bits per heavy atom. The number of ether oxygens (including phenoxy) is 1. The van der Waals surface area contributed by atoms with Crippen molar-refractivity contribution in [3.63, 3.8) is 0 Å². The number of carbonyl (C=O) groups excluding carboxylic acids is 2. The average Bonchev–Trinajstić information content (AvgIpc) is 3.71. The fraction of sp³-hybridized carbons (Fsp3) is 0.265. The largest absolute Gasteiger partial charge is 0.394 e. The molecule has 63 heavy (non-hydrogen) atoms. The first-order valence-corrected chi connectivity index (χ1v) is 24.2. The van der Waals surface area contributed by atoms with Crippen LogP contribution >= 0.6 is 0 Å². The van der Waals surface area contributed by atoms with Gasteiger partial charge < -0.3 is 23.8 Å². The summed E-state index contributed by atoms with van der Waals surface area (Å²) in [4.78, 5) is 60.7. The van der Waals surface area contributed by atoms with Crippen molar-refractivity contribution in [1.82, 2.24) is 24.5 Å². The summed E-state index contributed by atoms with van der Waals surface area (Å²) in [6.45, 7) is 5.11. The van der Waals surface area contributed by atoms with Crippen molar-refractivity contribution in [2.45, 2.75) is 69.2 Å². The lowest BCUT2D eigenvalue weighted by Gasteiger charge is -2.37. The molecule has 3 aliphatic heterocycles. The van der Waals surface area contributed by atoms with Crippen LogP contribution in [0, 0.1) is 5.92 Å². The summed E-state index contributed by atoms with van der Waals surface area (Å²) >= 11 is 0. The molecule has 1 saturated heterocycles. The molecule has 3 aliphatic rings. The quantitative estimate of drug-likeness (QED) is 0.131. The van der Waals surface area contributed by atoms with Gasteiger partial charge in [-0.25, -0.2) is 0 Å². The zero-order valence-electron chi connectivity index (χ0n) is 35.0. The number of aliphatic hydroxyl groups excluding tert-OH is 1. The molecule has 1 spiro atoms. The Labute approximate surface area is 363 Å². The van der Waals surface area contributed by atoms with E-state index in [1.165, 1.54) is 9.36 Å². The van der Waals surface area contributed by atoms with Gasteiger partial charge in [0.1, 0.15) is 0 Å². The smallest absolute Gasteiger partial charge is 0.279 e. The SMILES string of the molecule is C[C@@H]1[C@@H]([Si](C)(C)F)[C@H](CC(=O)N2Cc3ccccc3C[C@H]2CO)O[C@@]12C(=O)N(Cc1cccc(-n3ncc4ccccc4c3=O)c1)c1ccc(-n3ncc4ccccc4c3=O)cc12. The van der Waals surface area contributed by atoms with Crippen molar-refractivity contribution in [2.75, 3.05) is 11.5 Å². The molecule has 2 aromatic heterocycles. The first-order valence-electron chi connectivity index (χ1n) is 21.2. The standard InChI is InChI=1S/C49H45FN6O6Si/c1-30-45(63(2,3)50)43(24-44(58)53-28-35-15-5-4-12-32(35)22-38(53)29-57)62-49(30)41-23-37(56-47(60)40-18-9-7-14-34(40)26-52-56)19-20-42(41)54(48(49)61)27-31-11-10-16-36(21-31)55-46(59)39-17-8-6-13-33(39)25-51-55/h4-21,23,25-26,30,38,43,45,57H,22,24,27-29H2,1-3H3/t30-,38+,43+,45-,49+/m1/s1. The van der Waals surface area contributed by atoms with Crippen LogP contribution in [0.3, 0.4) is 0 Å². The summed E-state index contributed by atoms with van der Waals surface area (Å²) in [5.74, 6) is -1.46. The number of fused-ring (bicyclic) bond motifs is 5. The van der Waals surface area contributed by atoms with E-state index in [1.807, 2.05) is 67.6 Å². The predicted octanol–water partition coefficient (Wildman–Crippen LogP) is 6.74. The van der Waals surface area contributed by atoms with Crippen LogP contribution < -0.4 is 16.0 Å². The van der Waals surface area contributed by atoms with Gasteiger partial charge >= 0.3 is 0 Å². The Morgan fingerprint density at radius 1 is 0.810 bits per heavy atom. The average molecular weight is 861 g/mol. The summed E-state index contributed by atoms with van der Waals surface area (Å²) in [5, 5.41) is 21.8. The highest BCUT2D eigenvalue weighted by molar-refractivity contribution is 6.72. The molecular weight excluding hydrogens is 816 g/mol. The van der Waals surface area contributed by atoms with Crippen LogP contribution in [-0.4, -0.2) is 68.5 Å². The minimum atomic E-state index is -3.70. The molecule has 318 valence electrons. The number of hydrogen-bond donors (Lipinski definition) is 1. The van der Waals surface area contributed by atoms with Crippen LogP contribution in [0.1, 0.15) is 35.6 Å². The zero-order chi connectivity index (χ0) is 43.8. The van der Waals surface area contributed by atoms with E-state index in [4.69, 9.17) is 4.74 Å². The normalized spacial score (nSPS) is 22.0. The monoisotopic (exact) mass is 860 g/mol. The topological polar surface area (TPSA) is 140 Å². The van der Waals surface area contributed by atoms with Gasteiger partial charge in [0.2, 0.25) is 14.3 Å². The van der Waals surface area contributed by atoms with Crippen LogP contribution in [0.4, 0.5) is 9.80 Å². The van der Waals surface area contributed by atoms with Gasteiger partial charge in [-0.2, -0.15) is 19.6 Å². The maximum absolute atomic E-state index is 17.0. The van der Waals surface area contributed by atoms with E-state index in [2.05, 4.69) is 10.2 Å². The summed E-state index contributed by atoms with van der Waals surface area (Å²) in [5.41, 5.74) is 1.43. The number of nitrogens with zero attached hydrogens (tertiary/aromatic N) is 6. The molecule has 5 atom stereocenters. The number of amides is 2. The third kappa shape index (κ3) is 6.62. The Hall–Kier alpha value is -6.61. The van der Waals surface area contributed by atoms with E-state index in [1.54, 1.807) is 89.9 Å². The molecule has 1 fully saturated rings. The Kier molecular flexibility index (Phi) is 9.84. The lowest BCUT2D eigenvalue weighted by atomic mass is 9.82. The molecule has 10 rings (SSSR count). The second-order valence-electron chi connectivity index (χ2n) is 17.5. The van der Waals surface area contributed by atoms with Crippen LogP contribution in [0.2, 0.25) is 18.6 Å². The van der Waals surface area contributed by atoms with Gasteiger partial charge in [0.05, 0.1) is 71.9 Å². The number of halogens is 1. The number of aromatic nitrogens is 4. The number of carbonyl (C=O) groups is 2. The maximum Gasteiger partial charge on any atom is 0.279 e. The van der Waals surface area contributed by atoms with E-state index in [9.17, 15) is 19.5 Å². The summed E-state index contributed by atoms with van der Waals surface area (Å²) in [6.07, 6.45) is 2.56. The van der Waals surface area contributed by atoms with Crippen molar-refractivity contribution < 1.29 is 23.5 Å². The second-order valence-corrected chi connectivity index (χ2v) is 21.3. The Morgan fingerprint density at radius 2 is 1.43 bits per heavy atom. The van der Waals surface area contributed by atoms with E-state index < -0.39 is 43.5 Å². The highest BCUT2D eigenvalue weighted by Gasteiger charge is 2.67. The van der Waals surface area contributed by atoms with Gasteiger partial charge in [-0.3, -0.25) is 19.2 Å². The summed E-state index contributed by atoms with van der Waals surface area (Å²) in [7, 11) is -3.70. The Bertz CT molecular complexity index is 3110. The minimum Gasteiger partial charge on any atom is -0.394 e. The van der Waals surface area contributed by atoms with Crippen molar-refractivity contribution >= 4 is 47.5 Å². The third-order valence-electron chi connectivity index (χ3n) is 13.3. The summed E-state index contributed by atoms with van der Waals surface area (Å²) in [6, 6.07) is 34.2. The lowest BCUT2D eigenvalue weighted by Crippen LogP contribution is -2.48. The molecule has 5 aromatic carbocycles. The minimum absolute atomic E-state index is 0.0590. The van der Waals surface area contributed by atoms with Gasteiger partial charge in [0.25, 0.3) is 17.0 Å². The highest BCUT2D eigenvalue weighted by atomic mass is 28.4. The van der Waals surface area contributed by atoms with Gasteiger partial charge in [0, 0.05) is 34.3 Å². The predicted molar refractivity (Wildman–Crippen MR) is 240 cm³/mol. The molecule has 0 aliphatic carbocycles. The zero-order valence-corrected chi connectivity index (χ0v) is 36.0. The van der Waals surface area contributed by atoms with E-state index in [0.29, 0.717) is 57.3 Å². The molecule has 12 nitrogen and oxygen atoms in total. The van der Waals surface area contributed by atoms with E-state index in [-0.39, 0.29) is 36.6 Å². The second kappa shape index (κ2) is 15.3. The molecule has 0 bridgehead atoms. The number of aliphatic hydroxyl groups is 1. The van der Waals surface area contributed by atoms with Crippen LogP contribution in [0.25, 0.3) is 32.9 Å². The first kappa shape index (κ1) is 40.5. The number of rotatable bonds is 8. The van der Waals surface area contributed by atoms with Crippen molar-refractivity contribution in [1.29, 1.82) is 0 Å². The molecule has 5 heterocycles. The number of anilines is 1. The van der Waals surface area contributed by atoms with Crippen LogP contribution in [0.15, 0.2) is 137 Å². The molecule has 7 aromatic rings. The molecule has 1 N–H and O–H groups in total. The van der Waals surface area contributed by atoms with Gasteiger partial charge in [-0.05, 0) is 78.7 Å². The third-order valence-corrected chi connectivity index (χ3v) is 15.8. The fourth-order valence-electron chi connectivity index (χ4n) is 10.4. The molecule has 0 radical (unpaired) electrons. The van der Waals surface area contributed by atoms with Crippen LogP contribution in [-0.2, 0) is 39.4 Å². The van der Waals surface area contributed by atoms with Crippen molar-refractivity contribution in [2.24, 2.45) is 5.92 Å². The molecule has 0 saturated carbocycles. The highest BCUT2D eigenvalue weighted by Crippen LogP contribution is 2.60. The first-order chi connectivity index (χ1) is 30.4. The van der Waals surface area contributed by atoms with Gasteiger partial charge in [0.15, 0.2) is 5.60 Å². The van der Waals surface area contributed by atoms with Crippen molar-refractivity contribution in [3.8, 4) is 11.4 Å². The fourth-order valence-corrected chi connectivity index (χ4v) is 12.9. The molecule has 0 unspecified atom stereocenters. The number of hydrogen-bond acceptors (Lipinski definition) is 8. The van der Waals surface area contributed by atoms with E-state index in [0.717, 1.165) is 16.5 Å². The lowest BCUT2D eigenvalue weighted by molar-refractivity contribution is -0.151.